The molecule has 0 N–H and O–H groups in total. The molecule has 0 saturated carbocycles. The fraction of sp³-hybridized carbons (Fsp3) is 0.312. The van der Waals surface area contributed by atoms with E-state index in [9.17, 15) is 4.79 Å². The summed E-state index contributed by atoms with van der Waals surface area (Å²) in [6.07, 6.45) is 2.47. The van der Waals surface area contributed by atoms with Gasteiger partial charge < -0.3 is 14.3 Å². The van der Waals surface area contributed by atoms with E-state index in [4.69, 9.17) is 21.1 Å². The quantitative estimate of drug-likeness (QED) is 0.320. The number of carbonyl (C=O) groups excluding carboxylic acids is 1. The minimum atomic E-state index is -0.437. The lowest BCUT2D eigenvalue weighted by molar-refractivity contribution is -0.134. The van der Waals surface area contributed by atoms with E-state index < -0.39 is 5.97 Å². The van der Waals surface area contributed by atoms with Crippen LogP contribution in [0.3, 0.4) is 0 Å². The molecule has 1 aromatic carbocycles. The van der Waals surface area contributed by atoms with E-state index in [1.165, 1.54) is 18.4 Å². The van der Waals surface area contributed by atoms with E-state index in [0.29, 0.717) is 5.02 Å². The second-order valence-corrected chi connectivity index (χ2v) is 6.48. The standard InChI is InChI=1S/C16H17ClN2O4S/c1-10-6-12(17)4-5-14(10)23-11(2)16-18-8-13(24-16)7-15(20)22-9-19-21-3/h4-6,8-9,11H,7H2,1-3H3. The van der Waals surface area contributed by atoms with Crippen LogP contribution in [-0.4, -0.2) is 24.5 Å². The van der Waals surface area contributed by atoms with Gasteiger partial charge in [-0.2, -0.15) is 0 Å². The van der Waals surface area contributed by atoms with Crippen molar-refractivity contribution in [1.82, 2.24) is 4.98 Å². The molecule has 0 saturated heterocycles. The van der Waals surface area contributed by atoms with Crippen molar-refractivity contribution in [3.8, 4) is 5.75 Å². The molecule has 0 aliphatic rings. The molecular formula is C16H17ClN2O4S. The molecule has 1 unspecified atom stereocenters. The molecule has 1 heterocycles. The van der Waals surface area contributed by atoms with Crippen molar-refractivity contribution in [2.75, 3.05) is 7.11 Å². The van der Waals surface area contributed by atoms with Gasteiger partial charge in [0, 0.05) is 16.1 Å². The highest BCUT2D eigenvalue weighted by Gasteiger charge is 2.15. The van der Waals surface area contributed by atoms with Crippen LogP contribution in [0, 0.1) is 6.92 Å². The Hall–Kier alpha value is -2.12. The number of benzene rings is 1. The average Bonchev–Trinajstić information content (AvgIpc) is 2.99. The lowest BCUT2D eigenvalue weighted by Gasteiger charge is -2.14. The van der Waals surface area contributed by atoms with E-state index in [1.54, 1.807) is 12.3 Å². The number of aromatic nitrogens is 1. The molecule has 0 bridgehead atoms. The van der Waals surface area contributed by atoms with Gasteiger partial charge in [0.1, 0.15) is 24.0 Å². The van der Waals surface area contributed by atoms with Crippen molar-refractivity contribution >= 4 is 35.3 Å². The summed E-state index contributed by atoms with van der Waals surface area (Å²) < 4.78 is 10.7. The minimum absolute atomic E-state index is 0.111. The highest BCUT2D eigenvalue weighted by molar-refractivity contribution is 7.11. The Morgan fingerprint density at radius 2 is 2.29 bits per heavy atom. The van der Waals surface area contributed by atoms with Crippen LogP contribution in [0.1, 0.15) is 28.5 Å². The molecule has 2 aromatic rings. The number of aryl methyl sites for hydroxylation is 1. The molecule has 8 heteroatoms. The monoisotopic (exact) mass is 368 g/mol. The molecule has 128 valence electrons. The number of hydrogen-bond acceptors (Lipinski definition) is 7. The zero-order valence-electron chi connectivity index (χ0n) is 13.5. The normalized spacial score (nSPS) is 12.2. The van der Waals surface area contributed by atoms with Gasteiger partial charge in [0.05, 0.1) is 6.42 Å². The number of carbonyl (C=O) groups is 1. The van der Waals surface area contributed by atoms with Crippen molar-refractivity contribution < 1.29 is 19.1 Å². The maximum atomic E-state index is 11.6. The molecule has 24 heavy (non-hydrogen) atoms. The van der Waals surface area contributed by atoms with Gasteiger partial charge in [0.15, 0.2) is 0 Å². The van der Waals surface area contributed by atoms with Crippen molar-refractivity contribution in [3.05, 3.63) is 44.9 Å². The number of thiazole rings is 1. The van der Waals surface area contributed by atoms with Gasteiger partial charge in [0.25, 0.3) is 0 Å². The molecular weight excluding hydrogens is 352 g/mol. The highest BCUT2D eigenvalue weighted by atomic mass is 35.5. The number of halogens is 1. The van der Waals surface area contributed by atoms with Crippen molar-refractivity contribution in [2.45, 2.75) is 26.4 Å². The first-order valence-electron chi connectivity index (χ1n) is 7.11. The maximum Gasteiger partial charge on any atom is 0.317 e. The molecule has 2 rings (SSSR count). The van der Waals surface area contributed by atoms with Crippen molar-refractivity contribution in [3.63, 3.8) is 0 Å². The number of esters is 1. The molecule has 0 radical (unpaired) electrons. The van der Waals surface area contributed by atoms with Crippen LogP contribution >= 0.6 is 22.9 Å². The summed E-state index contributed by atoms with van der Waals surface area (Å²) in [4.78, 5) is 21.1. The third-order valence-electron chi connectivity index (χ3n) is 3.01. The van der Waals surface area contributed by atoms with Crippen LogP contribution < -0.4 is 4.74 Å². The predicted molar refractivity (Wildman–Crippen MR) is 92.6 cm³/mol. The smallest absolute Gasteiger partial charge is 0.317 e. The molecule has 0 spiro atoms. The Kier molecular flexibility index (Phi) is 6.57. The molecule has 0 amide bonds. The minimum Gasteiger partial charge on any atom is -0.483 e. The SMILES string of the molecule is CON=COC(=O)Cc1cnc(C(C)Oc2ccc(Cl)cc2C)s1. The van der Waals surface area contributed by atoms with Gasteiger partial charge in [-0.25, -0.2) is 4.98 Å². The van der Waals surface area contributed by atoms with Gasteiger partial charge in [-0.3, -0.25) is 4.79 Å². The molecule has 1 aromatic heterocycles. The molecule has 0 fully saturated rings. The Balaban J connectivity index is 1.96. The van der Waals surface area contributed by atoms with Crippen LogP contribution in [-0.2, 0) is 20.8 Å². The van der Waals surface area contributed by atoms with Crippen molar-refractivity contribution in [1.29, 1.82) is 0 Å². The number of hydrogen-bond donors (Lipinski definition) is 0. The van der Waals surface area contributed by atoms with E-state index in [-0.39, 0.29) is 12.5 Å². The second-order valence-electron chi connectivity index (χ2n) is 4.89. The highest BCUT2D eigenvalue weighted by Crippen LogP contribution is 2.29. The Bertz CT molecular complexity index is 733. The summed E-state index contributed by atoms with van der Waals surface area (Å²) in [6, 6.07) is 5.45. The summed E-state index contributed by atoms with van der Waals surface area (Å²) >= 11 is 7.34. The van der Waals surface area contributed by atoms with Crippen LogP contribution in [0.2, 0.25) is 5.02 Å². The van der Waals surface area contributed by atoms with Crippen LogP contribution in [0.25, 0.3) is 0 Å². The van der Waals surface area contributed by atoms with Gasteiger partial charge >= 0.3 is 5.97 Å². The molecule has 6 nitrogen and oxygen atoms in total. The molecule has 0 aliphatic carbocycles. The Morgan fingerprint density at radius 3 is 3.00 bits per heavy atom. The van der Waals surface area contributed by atoms with E-state index >= 15 is 0 Å². The van der Waals surface area contributed by atoms with Gasteiger partial charge in [-0.1, -0.05) is 16.8 Å². The second kappa shape index (κ2) is 8.65. The molecule has 0 aliphatic heterocycles. The summed E-state index contributed by atoms with van der Waals surface area (Å²) in [5, 5.41) is 4.78. The van der Waals surface area contributed by atoms with Gasteiger partial charge in [0.2, 0.25) is 6.40 Å². The number of rotatable bonds is 7. The van der Waals surface area contributed by atoms with Crippen LogP contribution in [0.15, 0.2) is 29.6 Å². The average molecular weight is 369 g/mol. The van der Waals surface area contributed by atoms with Crippen LogP contribution in [0.4, 0.5) is 0 Å². The van der Waals surface area contributed by atoms with Gasteiger partial charge in [-0.15, -0.1) is 11.3 Å². The first-order chi connectivity index (χ1) is 11.5. The van der Waals surface area contributed by atoms with E-state index in [2.05, 4.69) is 15.0 Å². The lowest BCUT2D eigenvalue weighted by atomic mass is 10.2. The summed E-state index contributed by atoms with van der Waals surface area (Å²) in [5.74, 6) is 0.312. The van der Waals surface area contributed by atoms with Crippen LogP contribution in [0.5, 0.6) is 5.75 Å². The topological polar surface area (TPSA) is 70.0 Å². The summed E-state index contributed by atoms with van der Waals surface area (Å²) in [6.45, 7) is 3.83. The zero-order chi connectivity index (χ0) is 17.5. The summed E-state index contributed by atoms with van der Waals surface area (Å²) in [7, 11) is 1.36. The number of nitrogens with zero attached hydrogens (tertiary/aromatic N) is 2. The first-order valence-corrected chi connectivity index (χ1v) is 8.31. The maximum absolute atomic E-state index is 11.6. The number of oxime groups is 1. The number of ether oxygens (including phenoxy) is 2. The van der Waals surface area contributed by atoms with Gasteiger partial charge in [-0.05, 0) is 37.6 Å². The lowest BCUT2D eigenvalue weighted by Crippen LogP contribution is -2.05. The largest absolute Gasteiger partial charge is 0.483 e. The fourth-order valence-electron chi connectivity index (χ4n) is 1.89. The Morgan fingerprint density at radius 1 is 1.50 bits per heavy atom. The predicted octanol–water partition coefficient (Wildman–Crippen LogP) is 3.92. The zero-order valence-corrected chi connectivity index (χ0v) is 15.1. The third kappa shape index (κ3) is 5.21. The van der Waals surface area contributed by atoms with E-state index in [0.717, 1.165) is 27.6 Å². The molecule has 1 atom stereocenters. The summed E-state index contributed by atoms with van der Waals surface area (Å²) in [5.41, 5.74) is 0.951. The van der Waals surface area contributed by atoms with Crippen molar-refractivity contribution in [2.24, 2.45) is 5.16 Å². The fourth-order valence-corrected chi connectivity index (χ4v) is 3.00. The van der Waals surface area contributed by atoms with E-state index in [1.807, 2.05) is 26.0 Å². The third-order valence-corrected chi connectivity index (χ3v) is 4.40. The first kappa shape index (κ1) is 18.2. The Labute approximate surface area is 149 Å².